The highest BCUT2D eigenvalue weighted by Gasteiger charge is 2.04. The van der Waals surface area contributed by atoms with Gasteiger partial charge in [0.1, 0.15) is 0 Å². The van der Waals surface area contributed by atoms with Crippen molar-refractivity contribution < 1.29 is 9.53 Å². The van der Waals surface area contributed by atoms with E-state index in [0.717, 1.165) is 11.3 Å². The third kappa shape index (κ3) is 5.55. The van der Waals surface area contributed by atoms with E-state index in [-0.39, 0.29) is 5.91 Å². The van der Waals surface area contributed by atoms with Crippen LogP contribution in [0.2, 0.25) is 0 Å². The molecule has 1 amide bonds. The van der Waals surface area contributed by atoms with Crippen LogP contribution in [0.3, 0.4) is 0 Å². The maximum atomic E-state index is 11.5. The second-order valence-electron chi connectivity index (χ2n) is 3.40. The lowest BCUT2D eigenvalue weighted by Crippen LogP contribution is -2.26. The first-order valence-electron chi connectivity index (χ1n) is 5.32. The SMILES string of the molecule is COCCCNC(=O)CSc1ccncc1N. The van der Waals surface area contributed by atoms with Crippen molar-refractivity contribution in [3.63, 3.8) is 0 Å². The van der Waals surface area contributed by atoms with Crippen LogP contribution in [0.1, 0.15) is 6.42 Å². The summed E-state index contributed by atoms with van der Waals surface area (Å²) >= 11 is 1.41. The van der Waals surface area contributed by atoms with E-state index in [0.29, 0.717) is 24.6 Å². The number of rotatable bonds is 7. The molecule has 3 N–H and O–H groups in total. The Bertz CT molecular complexity index is 360. The lowest BCUT2D eigenvalue weighted by Gasteiger charge is -2.06. The van der Waals surface area contributed by atoms with Crippen molar-refractivity contribution in [1.29, 1.82) is 0 Å². The molecule has 0 unspecified atom stereocenters. The molecule has 0 saturated carbocycles. The van der Waals surface area contributed by atoms with Crippen LogP contribution in [-0.4, -0.2) is 36.9 Å². The van der Waals surface area contributed by atoms with Gasteiger partial charge in [-0.3, -0.25) is 9.78 Å². The molecule has 5 nitrogen and oxygen atoms in total. The van der Waals surface area contributed by atoms with Gasteiger partial charge >= 0.3 is 0 Å². The van der Waals surface area contributed by atoms with Crippen LogP contribution in [0.25, 0.3) is 0 Å². The van der Waals surface area contributed by atoms with Crippen LogP contribution in [0.5, 0.6) is 0 Å². The monoisotopic (exact) mass is 255 g/mol. The molecule has 1 aromatic heterocycles. The van der Waals surface area contributed by atoms with Gasteiger partial charge in [0.15, 0.2) is 0 Å². The van der Waals surface area contributed by atoms with Crippen molar-refractivity contribution in [3.8, 4) is 0 Å². The molecule has 0 fully saturated rings. The van der Waals surface area contributed by atoms with Crippen molar-refractivity contribution in [2.75, 3.05) is 31.7 Å². The van der Waals surface area contributed by atoms with Gasteiger partial charge in [-0.15, -0.1) is 11.8 Å². The van der Waals surface area contributed by atoms with E-state index >= 15 is 0 Å². The average Bonchev–Trinajstić information content (AvgIpc) is 2.34. The number of thioether (sulfide) groups is 1. The van der Waals surface area contributed by atoms with Gasteiger partial charge in [0.2, 0.25) is 5.91 Å². The smallest absolute Gasteiger partial charge is 0.230 e. The van der Waals surface area contributed by atoms with Gasteiger partial charge in [-0.2, -0.15) is 0 Å². The fourth-order valence-corrected chi connectivity index (χ4v) is 1.93. The van der Waals surface area contributed by atoms with Crippen molar-refractivity contribution in [2.24, 2.45) is 0 Å². The van der Waals surface area contributed by atoms with Crippen LogP contribution in [0.4, 0.5) is 5.69 Å². The third-order valence-corrected chi connectivity index (χ3v) is 3.11. The Morgan fingerprint density at radius 1 is 1.65 bits per heavy atom. The summed E-state index contributed by atoms with van der Waals surface area (Å²) in [6, 6.07) is 1.80. The van der Waals surface area contributed by atoms with E-state index in [1.165, 1.54) is 11.8 Å². The summed E-state index contributed by atoms with van der Waals surface area (Å²) in [6.07, 6.45) is 4.07. The Kier molecular flexibility index (Phi) is 6.42. The number of hydrogen-bond acceptors (Lipinski definition) is 5. The van der Waals surface area contributed by atoms with Crippen LogP contribution in [-0.2, 0) is 9.53 Å². The summed E-state index contributed by atoms with van der Waals surface area (Å²) in [4.78, 5) is 16.2. The Labute approximate surface area is 105 Å². The molecule has 17 heavy (non-hydrogen) atoms. The Morgan fingerprint density at radius 3 is 3.18 bits per heavy atom. The number of nitrogens with one attached hydrogen (secondary N) is 1. The first-order chi connectivity index (χ1) is 8.24. The van der Waals surface area contributed by atoms with Crippen LogP contribution in [0.15, 0.2) is 23.4 Å². The molecule has 0 bridgehead atoms. The number of nitrogen functional groups attached to an aromatic ring is 1. The van der Waals surface area contributed by atoms with Crippen molar-refractivity contribution in [2.45, 2.75) is 11.3 Å². The van der Waals surface area contributed by atoms with Gasteiger partial charge < -0.3 is 15.8 Å². The van der Waals surface area contributed by atoms with Gasteiger partial charge in [0.25, 0.3) is 0 Å². The van der Waals surface area contributed by atoms with E-state index in [1.807, 2.05) is 0 Å². The van der Waals surface area contributed by atoms with Crippen molar-refractivity contribution in [1.82, 2.24) is 10.3 Å². The first kappa shape index (κ1) is 13.8. The van der Waals surface area contributed by atoms with E-state index in [9.17, 15) is 4.79 Å². The summed E-state index contributed by atoms with van der Waals surface area (Å²) in [7, 11) is 1.64. The summed E-state index contributed by atoms with van der Waals surface area (Å²) in [6.45, 7) is 1.30. The molecule has 1 rings (SSSR count). The minimum Gasteiger partial charge on any atom is -0.397 e. The number of anilines is 1. The Morgan fingerprint density at radius 2 is 2.47 bits per heavy atom. The Balaban J connectivity index is 2.22. The topological polar surface area (TPSA) is 77.2 Å². The standard InChI is InChI=1S/C11H17N3O2S/c1-16-6-2-4-14-11(15)8-17-10-3-5-13-7-9(10)12/h3,5,7H,2,4,6,8,12H2,1H3,(H,14,15). The highest BCUT2D eigenvalue weighted by molar-refractivity contribution is 8.00. The van der Waals surface area contributed by atoms with Gasteiger partial charge in [0.05, 0.1) is 17.6 Å². The zero-order valence-electron chi connectivity index (χ0n) is 9.81. The molecule has 0 aliphatic carbocycles. The van der Waals surface area contributed by atoms with Crippen LogP contribution in [0, 0.1) is 0 Å². The number of hydrogen-bond donors (Lipinski definition) is 2. The molecule has 6 heteroatoms. The lowest BCUT2D eigenvalue weighted by molar-refractivity contribution is -0.118. The molecule has 0 spiro atoms. The maximum absolute atomic E-state index is 11.5. The second-order valence-corrected chi connectivity index (χ2v) is 4.42. The molecular weight excluding hydrogens is 238 g/mol. The summed E-state index contributed by atoms with van der Waals surface area (Å²) in [5.41, 5.74) is 6.32. The van der Waals surface area contributed by atoms with E-state index in [2.05, 4.69) is 10.3 Å². The number of methoxy groups -OCH3 is 1. The minimum absolute atomic E-state index is 0.00214. The van der Waals surface area contributed by atoms with Crippen molar-refractivity contribution in [3.05, 3.63) is 18.5 Å². The van der Waals surface area contributed by atoms with E-state index < -0.39 is 0 Å². The molecule has 1 aromatic rings. The normalized spacial score (nSPS) is 10.2. The number of ether oxygens (including phenoxy) is 1. The summed E-state index contributed by atoms with van der Waals surface area (Å²) < 4.78 is 4.89. The molecule has 0 atom stereocenters. The van der Waals surface area contributed by atoms with Crippen LogP contribution < -0.4 is 11.1 Å². The predicted octanol–water partition coefficient (Wildman–Crippen LogP) is 0.909. The molecule has 0 saturated heterocycles. The number of carbonyl (C=O) groups is 1. The molecular formula is C11H17N3O2S. The van der Waals surface area contributed by atoms with Crippen molar-refractivity contribution >= 4 is 23.4 Å². The third-order valence-electron chi connectivity index (χ3n) is 2.02. The molecule has 0 aromatic carbocycles. The van der Waals surface area contributed by atoms with E-state index in [1.54, 1.807) is 25.6 Å². The zero-order valence-corrected chi connectivity index (χ0v) is 10.6. The van der Waals surface area contributed by atoms with E-state index in [4.69, 9.17) is 10.5 Å². The van der Waals surface area contributed by atoms with Gasteiger partial charge in [0, 0.05) is 31.4 Å². The number of pyridine rings is 1. The number of nitrogens with zero attached hydrogens (tertiary/aromatic N) is 1. The first-order valence-corrected chi connectivity index (χ1v) is 6.30. The fraction of sp³-hybridized carbons (Fsp3) is 0.455. The lowest BCUT2D eigenvalue weighted by atomic mass is 10.4. The maximum Gasteiger partial charge on any atom is 0.230 e. The number of nitrogens with two attached hydrogens (primary N) is 1. The largest absolute Gasteiger partial charge is 0.397 e. The number of carbonyl (C=O) groups excluding carboxylic acids is 1. The average molecular weight is 255 g/mol. The molecule has 94 valence electrons. The predicted molar refractivity (Wildman–Crippen MR) is 68.9 cm³/mol. The molecule has 0 radical (unpaired) electrons. The summed E-state index contributed by atoms with van der Waals surface area (Å²) in [5.74, 6) is 0.364. The quantitative estimate of drug-likeness (QED) is 0.559. The molecule has 0 aliphatic heterocycles. The minimum atomic E-state index is 0.00214. The van der Waals surface area contributed by atoms with Gasteiger partial charge in [-0.05, 0) is 12.5 Å². The second kappa shape index (κ2) is 7.92. The van der Waals surface area contributed by atoms with Gasteiger partial charge in [-0.25, -0.2) is 0 Å². The van der Waals surface area contributed by atoms with Gasteiger partial charge in [-0.1, -0.05) is 0 Å². The zero-order chi connectivity index (χ0) is 12.5. The fourth-order valence-electron chi connectivity index (χ4n) is 1.16. The molecule has 1 heterocycles. The molecule has 0 aliphatic rings. The Hall–Kier alpha value is -1.27. The van der Waals surface area contributed by atoms with Crippen LogP contribution >= 0.6 is 11.8 Å². The highest BCUT2D eigenvalue weighted by atomic mass is 32.2. The summed E-state index contributed by atoms with van der Waals surface area (Å²) in [5, 5.41) is 2.81. The number of amides is 1. The highest BCUT2D eigenvalue weighted by Crippen LogP contribution is 2.22. The number of aromatic nitrogens is 1.